The first-order valence-electron chi connectivity index (χ1n) is 11.5. The Labute approximate surface area is 194 Å². The van der Waals surface area contributed by atoms with Gasteiger partial charge in [0.25, 0.3) is 5.91 Å². The Balaban J connectivity index is 1.32. The van der Waals surface area contributed by atoms with Crippen LogP contribution in [0.5, 0.6) is 0 Å². The van der Waals surface area contributed by atoms with Crippen molar-refractivity contribution >= 4 is 28.0 Å². The summed E-state index contributed by atoms with van der Waals surface area (Å²) in [4.78, 5) is 32.1. The molecule has 0 spiro atoms. The average molecular weight is 455 g/mol. The Hall–Kier alpha value is -4.07. The number of aromatic nitrogens is 5. The van der Waals surface area contributed by atoms with Gasteiger partial charge < -0.3 is 15.3 Å². The second-order valence-electron chi connectivity index (χ2n) is 8.88. The summed E-state index contributed by atoms with van der Waals surface area (Å²) >= 11 is 0. The zero-order valence-electron chi connectivity index (χ0n) is 18.7. The zero-order chi connectivity index (χ0) is 23.2. The van der Waals surface area contributed by atoms with Gasteiger partial charge in [0, 0.05) is 28.8 Å². The Morgan fingerprint density at radius 1 is 1.12 bits per heavy atom. The average Bonchev–Trinajstić information content (AvgIpc) is 3.58. The molecule has 0 unspecified atom stereocenters. The summed E-state index contributed by atoms with van der Waals surface area (Å²) in [6.45, 7) is 1.97. The van der Waals surface area contributed by atoms with Crippen molar-refractivity contribution < 1.29 is 9.18 Å². The van der Waals surface area contributed by atoms with E-state index in [1.807, 2.05) is 19.2 Å². The third kappa shape index (κ3) is 3.51. The number of fused-ring (bicyclic) bond motifs is 2. The van der Waals surface area contributed by atoms with E-state index < -0.39 is 5.82 Å². The van der Waals surface area contributed by atoms with Crippen molar-refractivity contribution in [2.75, 3.05) is 0 Å². The van der Waals surface area contributed by atoms with Crippen molar-refractivity contribution in [2.45, 2.75) is 38.6 Å². The molecule has 8 heteroatoms. The molecular formula is C26H23FN6O. The van der Waals surface area contributed by atoms with Gasteiger partial charge in [-0.3, -0.25) is 4.79 Å². The number of benzene rings is 2. The van der Waals surface area contributed by atoms with Gasteiger partial charge in [-0.15, -0.1) is 0 Å². The summed E-state index contributed by atoms with van der Waals surface area (Å²) in [5.41, 5.74) is 5.36. The number of carbonyl (C=O) groups is 1. The summed E-state index contributed by atoms with van der Waals surface area (Å²) < 4.78 is 15.2. The van der Waals surface area contributed by atoms with Crippen LogP contribution in [0.3, 0.4) is 0 Å². The van der Waals surface area contributed by atoms with Crippen molar-refractivity contribution in [3.05, 3.63) is 65.9 Å². The molecule has 170 valence electrons. The van der Waals surface area contributed by atoms with Crippen molar-refractivity contribution in [1.29, 1.82) is 0 Å². The summed E-state index contributed by atoms with van der Waals surface area (Å²) in [6.07, 6.45) is 7.71. The lowest BCUT2D eigenvalue weighted by atomic mass is 10.0. The number of aromatic amines is 2. The first-order valence-corrected chi connectivity index (χ1v) is 11.5. The predicted octanol–water partition coefficient (Wildman–Crippen LogP) is 5.29. The first kappa shape index (κ1) is 20.5. The van der Waals surface area contributed by atoms with Gasteiger partial charge in [0.15, 0.2) is 0 Å². The second kappa shape index (κ2) is 8.06. The minimum Gasteiger partial charge on any atom is -0.349 e. The monoisotopic (exact) mass is 454 g/mol. The molecule has 1 aliphatic carbocycles. The normalized spacial score (nSPS) is 14.3. The Morgan fingerprint density at radius 2 is 1.97 bits per heavy atom. The summed E-state index contributed by atoms with van der Waals surface area (Å²) in [5.74, 6) is -0.0783. The van der Waals surface area contributed by atoms with Gasteiger partial charge >= 0.3 is 0 Å². The lowest BCUT2D eigenvalue weighted by Gasteiger charge is -2.11. The molecule has 0 atom stereocenters. The molecule has 3 aromatic heterocycles. The minimum absolute atomic E-state index is 0.0864. The van der Waals surface area contributed by atoms with E-state index in [-0.39, 0.29) is 11.9 Å². The summed E-state index contributed by atoms with van der Waals surface area (Å²) in [6, 6.07) is 10.6. The number of halogens is 1. The molecule has 1 saturated carbocycles. The second-order valence-corrected chi connectivity index (χ2v) is 8.88. The molecule has 3 heterocycles. The van der Waals surface area contributed by atoms with E-state index in [0.717, 1.165) is 42.3 Å². The van der Waals surface area contributed by atoms with Gasteiger partial charge in [0.2, 0.25) is 0 Å². The summed E-state index contributed by atoms with van der Waals surface area (Å²) in [7, 11) is 0. The molecule has 2 aromatic carbocycles. The molecule has 0 aliphatic heterocycles. The topological polar surface area (TPSA) is 99.3 Å². The van der Waals surface area contributed by atoms with E-state index in [0.29, 0.717) is 39.2 Å². The van der Waals surface area contributed by atoms with Crippen LogP contribution in [0.15, 0.2) is 48.9 Å². The quantitative estimate of drug-likeness (QED) is 0.344. The maximum absolute atomic E-state index is 15.2. The van der Waals surface area contributed by atoms with Crippen LogP contribution in [0, 0.1) is 12.7 Å². The van der Waals surface area contributed by atoms with Crippen LogP contribution in [0.1, 0.15) is 41.6 Å². The molecule has 0 saturated heterocycles. The van der Waals surface area contributed by atoms with E-state index in [4.69, 9.17) is 0 Å². The lowest BCUT2D eigenvalue weighted by molar-refractivity contribution is 0.0938. The van der Waals surface area contributed by atoms with E-state index in [1.54, 1.807) is 24.3 Å². The first-order chi connectivity index (χ1) is 16.6. The van der Waals surface area contributed by atoms with Crippen molar-refractivity contribution in [1.82, 2.24) is 30.2 Å². The molecule has 1 aliphatic rings. The third-order valence-corrected chi connectivity index (χ3v) is 6.60. The number of hydrogen-bond acceptors (Lipinski definition) is 4. The highest BCUT2D eigenvalue weighted by molar-refractivity contribution is 5.98. The predicted molar refractivity (Wildman–Crippen MR) is 129 cm³/mol. The smallest absolute Gasteiger partial charge is 0.251 e. The highest BCUT2D eigenvalue weighted by Gasteiger charge is 2.19. The maximum Gasteiger partial charge on any atom is 0.251 e. The van der Waals surface area contributed by atoms with Crippen LogP contribution in [-0.4, -0.2) is 36.9 Å². The molecule has 7 nitrogen and oxygen atoms in total. The van der Waals surface area contributed by atoms with E-state index in [9.17, 15) is 4.79 Å². The molecular weight excluding hydrogens is 431 g/mol. The standard InChI is InChI=1S/C26H23FN6O/c1-14-12-28-25-22(14)23(29-13-30-25)15-6-8-18(19(27)10-15)24-32-20-9-7-16(11-21(20)33-24)26(34)31-17-4-2-3-5-17/h6-13,17H,2-5H2,1H3,(H,31,34)(H,32,33)(H,28,29,30). The van der Waals surface area contributed by atoms with Crippen LogP contribution in [-0.2, 0) is 0 Å². The number of hydrogen-bond donors (Lipinski definition) is 3. The fraction of sp³-hybridized carbons (Fsp3) is 0.231. The van der Waals surface area contributed by atoms with E-state index in [2.05, 4.69) is 30.2 Å². The van der Waals surface area contributed by atoms with E-state index in [1.165, 1.54) is 12.4 Å². The molecule has 3 N–H and O–H groups in total. The van der Waals surface area contributed by atoms with Crippen LogP contribution < -0.4 is 5.32 Å². The largest absolute Gasteiger partial charge is 0.349 e. The Kier molecular flexibility index (Phi) is 4.86. The molecule has 0 bridgehead atoms. The number of imidazole rings is 1. The van der Waals surface area contributed by atoms with E-state index >= 15 is 4.39 Å². The molecule has 0 radical (unpaired) electrons. The molecule has 1 amide bonds. The highest BCUT2D eigenvalue weighted by Crippen LogP contribution is 2.31. The maximum atomic E-state index is 15.2. The number of nitrogens with zero attached hydrogens (tertiary/aromatic N) is 3. The number of aryl methyl sites for hydroxylation is 1. The zero-order valence-corrected chi connectivity index (χ0v) is 18.7. The lowest BCUT2D eigenvalue weighted by Crippen LogP contribution is -2.32. The molecule has 1 fully saturated rings. The van der Waals surface area contributed by atoms with Gasteiger partial charge in [-0.25, -0.2) is 19.3 Å². The molecule has 6 rings (SSSR count). The van der Waals surface area contributed by atoms with Gasteiger partial charge in [0.1, 0.15) is 23.6 Å². The van der Waals surface area contributed by atoms with Crippen molar-refractivity contribution in [2.24, 2.45) is 0 Å². The Morgan fingerprint density at radius 3 is 2.79 bits per heavy atom. The van der Waals surface area contributed by atoms with Gasteiger partial charge in [-0.2, -0.15) is 0 Å². The minimum atomic E-state index is -0.407. The van der Waals surface area contributed by atoms with Crippen molar-refractivity contribution in [3.63, 3.8) is 0 Å². The highest BCUT2D eigenvalue weighted by atomic mass is 19.1. The number of amides is 1. The van der Waals surface area contributed by atoms with Crippen molar-refractivity contribution in [3.8, 4) is 22.6 Å². The van der Waals surface area contributed by atoms with Gasteiger partial charge in [-0.1, -0.05) is 18.9 Å². The van der Waals surface area contributed by atoms with Gasteiger partial charge in [-0.05, 0) is 55.7 Å². The number of rotatable bonds is 4. The third-order valence-electron chi connectivity index (χ3n) is 6.60. The fourth-order valence-electron chi connectivity index (χ4n) is 4.81. The van der Waals surface area contributed by atoms with Gasteiger partial charge in [0.05, 0.1) is 22.3 Å². The van der Waals surface area contributed by atoms with Crippen LogP contribution >= 0.6 is 0 Å². The van der Waals surface area contributed by atoms with Crippen LogP contribution in [0.2, 0.25) is 0 Å². The van der Waals surface area contributed by atoms with Crippen LogP contribution in [0.4, 0.5) is 4.39 Å². The molecule has 5 aromatic rings. The Bertz CT molecular complexity index is 1550. The molecule has 34 heavy (non-hydrogen) atoms. The number of nitrogens with one attached hydrogen (secondary N) is 3. The number of carbonyl (C=O) groups excluding carboxylic acids is 1. The number of H-pyrrole nitrogens is 2. The van der Waals surface area contributed by atoms with Crippen LogP contribution in [0.25, 0.3) is 44.7 Å². The summed E-state index contributed by atoms with van der Waals surface area (Å²) in [5, 5.41) is 3.97. The SMILES string of the molecule is Cc1c[nH]c2ncnc(-c3ccc(-c4nc5ccc(C(=O)NC6CCCC6)cc5[nH]4)c(F)c3)c12. The fourth-order valence-corrected chi connectivity index (χ4v) is 4.81.